The summed E-state index contributed by atoms with van der Waals surface area (Å²) in [6, 6.07) is 13.3. The topological polar surface area (TPSA) is 56.8 Å². The monoisotopic (exact) mass is 327 g/mol. The van der Waals surface area contributed by atoms with Gasteiger partial charge < -0.3 is 19.5 Å². The summed E-state index contributed by atoms with van der Waals surface area (Å²) in [7, 11) is 3.17. The first-order chi connectivity index (χ1) is 11.7. The normalized spacial score (nSPS) is 15.8. The molecule has 1 atom stereocenters. The first-order valence-corrected chi connectivity index (χ1v) is 7.93. The van der Waals surface area contributed by atoms with E-state index in [9.17, 15) is 4.79 Å². The highest BCUT2D eigenvalue weighted by molar-refractivity contribution is 5.79. The minimum absolute atomic E-state index is 0.0115. The van der Waals surface area contributed by atoms with Crippen molar-refractivity contribution in [2.45, 2.75) is 18.9 Å². The first kappa shape index (κ1) is 16.2. The molecule has 1 N–H and O–H groups in total. The number of nitrogens with one attached hydrogen (secondary N) is 1. The number of para-hydroxylation sites is 1. The molecule has 1 heterocycles. The van der Waals surface area contributed by atoms with Gasteiger partial charge in [0.1, 0.15) is 5.75 Å². The Labute approximate surface area is 141 Å². The van der Waals surface area contributed by atoms with Gasteiger partial charge in [0.15, 0.2) is 11.5 Å². The van der Waals surface area contributed by atoms with E-state index < -0.39 is 0 Å². The van der Waals surface area contributed by atoms with Gasteiger partial charge in [0.05, 0.1) is 33.3 Å². The lowest BCUT2D eigenvalue weighted by Gasteiger charge is -2.26. The Balaban J connectivity index is 1.69. The molecule has 0 aromatic heterocycles. The second-order valence-corrected chi connectivity index (χ2v) is 5.66. The third kappa shape index (κ3) is 3.45. The van der Waals surface area contributed by atoms with Crippen molar-refractivity contribution >= 4 is 5.91 Å². The van der Waals surface area contributed by atoms with E-state index >= 15 is 0 Å². The van der Waals surface area contributed by atoms with E-state index in [1.807, 2.05) is 42.5 Å². The predicted molar refractivity (Wildman–Crippen MR) is 90.7 cm³/mol. The van der Waals surface area contributed by atoms with Crippen LogP contribution in [-0.2, 0) is 11.2 Å². The predicted octanol–water partition coefficient (Wildman–Crippen LogP) is 2.89. The summed E-state index contributed by atoms with van der Waals surface area (Å²) >= 11 is 0. The minimum Gasteiger partial charge on any atom is -0.493 e. The van der Waals surface area contributed by atoms with Crippen molar-refractivity contribution in [1.29, 1.82) is 0 Å². The van der Waals surface area contributed by atoms with Gasteiger partial charge in [-0.2, -0.15) is 0 Å². The van der Waals surface area contributed by atoms with Gasteiger partial charge in [0.25, 0.3) is 0 Å². The Kier molecular flexibility index (Phi) is 4.89. The summed E-state index contributed by atoms with van der Waals surface area (Å²) in [4.78, 5) is 12.4. The molecule has 0 radical (unpaired) electrons. The van der Waals surface area contributed by atoms with Crippen molar-refractivity contribution in [2.75, 3.05) is 20.8 Å². The maximum Gasteiger partial charge on any atom is 0.224 e. The number of rotatable bonds is 5. The average molecular weight is 327 g/mol. The second-order valence-electron chi connectivity index (χ2n) is 5.66. The summed E-state index contributed by atoms with van der Waals surface area (Å²) in [5.41, 5.74) is 1.91. The van der Waals surface area contributed by atoms with Crippen molar-refractivity contribution in [2.24, 2.45) is 0 Å². The quantitative estimate of drug-likeness (QED) is 0.917. The lowest BCUT2D eigenvalue weighted by Crippen LogP contribution is -2.33. The minimum atomic E-state index is -0.0241. The summed E-state index contributed by atoms with van der Waals surface area (Å²) in [6.07, 6.45) is 1.06. The zero-order valence-corrected chi connectivity index (χ0v) is 13.9. The van der Waals surface area contributed by atoms with Gasteiger partial charge in [-0.3, -0.25) is 4.79 Å². The highest BCUT2D eigenvalue weighted by atomic mass is 16.5. The van der Waals surface area contributed by atoms with Gasteiger partial charge in [-0.1, -0.05) is 24.3 Å². The summed E-state index contributed by atoms with van der Waals surface area (Å²) < 4.78 is 16.1. The number of hydrogen-bond donors (Lipinski definition) is 1. The van der Waals surface area contributed by atoms with Crippen LogP contribution in [0.2, 0.25) is 0 Å². The maximum absolute atomic E-state index is 12.4. The van der Waals surface area contributed by atoms with Crippen LogP contribution in [-0.4, -0.2) is 26.7 Å². The van der Waals surface area contributed by atoms with Gasteiger partial charge in [-0.25, -0.2) is 0 Å². The van der Waals surface area contributed by atoms with Crippen LogP contribution in [0.4, 0.5) is 0 Å². The number of benzene rings is 2. The number of methoxy groups -OCH3 is 2. The molecule has 5 nitrogen and oxygen atoms in total. The van der Waals surface area contributed by atoms with Crippen LogP contribution in [0.3, 0.4) is 0 Å². The Hall–Kier alpha value is -2.69. The largest absolute Gasteiger partial charge is 0.493 e. The molecule has 0 bridgehead atoms. The summed E-state index contributed by atoms with van der Waals surface area (Å²) in [6.45, 7) is 0.609. The van der Waals surface area contributed by atoms with Crippen molar-refractivity contribution < 1.29 is 19.0 Å². The van der Waals surface area contributed by atoms with E-state index in [1.54, 1.807) is 14.2 Å². The Morgan fingerprint density at radius 1 is 1.17 bits per heavy atom. The fourth-order valence-electron chi connectivity index (χ4n) is 2.91. The summed E-state index contributed by atoms with van der Waals surface area (Å²) in [5, 5.41) is 3.10. The van der Waals surface area contributed by atoms with Gasteiger partial charge in [0, 0.05) is 12.0 Å². The molecule has 0 saturated carbocycles. The van der Waals surface area contributed by atoms with E-state index in [0.29, 0.717) is 24.5 Å². The molecule has 2 aromatic rings. The number of carbonyl (C=O) groups excluding carboxylic acids is 1. The average Bonchev–Trinajstić information content (AvgIpc) is 2.62. The molecule has 3 rings (SSSR count). The van der Waals surface area contributed by atoms with E-state index in [0.717, 1.165) is 23.3 Å². The molecular formula is C19H21NO4. The third-order valence-electron chi connectivity index (χ3n) is 4.11. The van der Waals surface area contributed by atoms with E-state index in [2.05, 4.69) is 5.32 Å². The molecule has 24 heavy (non-hydrogen) atoms. The molecule has 2 aromatic carbocycles. The van der Waals surface area contributed by atoms with Gasteiger partial charge in [0.2, 0.25) is 5.91 Å². The molecule has 0 aliphatic carbocycles. The second kappa shape index (κ2) is 7.25. The number of carbonyl (C=O) groups is 1. The smallest absolute Gasteiger partial charge is 0.224 e. The first-order valence-electron chi connectivity index (χ1n) is 7.93. The van der Waals surface area contributed by atoms with Gasteiger partial charge in [-0.15, -0.1) is 0 Å². The fraction of sp³-hybridized carbons (Fsp3) is 0.316. The van der Waals surface area contributed by atoms with Crippen LogP contribution in [0.1, 0.15) is 23.6 Å². The Morgan fingerprint density at radius 2 is 1.96 bits per heavy atom. The fourth-order valence-corrected chi connectivity index (χ4v) is 2.91. The molecule has 126 valence electrons. The van der Waals surface area contributed by atoms with Crippen LogP contribution in [0, 0.1) is 0 Å². The van der Waals surface area contributed by atoms with Crippen molar-refractivity contribution in [3.8, 4) is 17.2 Å². The van der Waals surface area contributed by atoms with E-state index in [4.69, 9.17) is 14.2 Å². The number of hydrogen-bond acceptors (Lipinski definition) is 4. The standard InChI is InChI=1S/C19H21NO4/c1-22-17-8-7-13(11-18(17)23-2)12-19(21)20-15-9-10-24-16-6-4-3-5-14(15)16/h3-8,11,15H,9-10,12H2,1-2H3,(H,20,21)/t15-/m0/s1. The van der Waals surface area contributed by atoms with Crippen LogP contribution >= 0.6 is 0 Å². The van der Waals surface area contributed by atoms with E-state index in [1.165, 1.54) is 0 Å². The molecule has 1 aliphatic rings. The Morgan fingerprint density at radius 3 is 2.75 bits per heavy atom. The zero-order chi connectivity index (χ0) is 16.9. The summed E-state index contributed by atoms with van der Waals surface area (Å²) in [5.74, 6) is 2.10. The number of ether oxygens (including phenoxy) is 3. The SMILES string of the molecule is COc1ccc(CC(=O)N[C@H]2CCOc3ccccc32)cc1OC. The van der Waals surface area contributed by atoms with Crippen LogP contribution in [0.25, 0.3) is 0 Å². The molecular weight excluding hydrogens is 306 g/mol. The van der Waals surface area contributed by atoms with Crippen LogP contribution in [0.5, 0.6) is 17.2 Å². The lowest BCUT2D eigenvalue weighted by molar-refractivity contribution is -0.121. The highest BCUT2D eigenvalue weighted by Gasteiger charge is 2.22. The van der Waals surface area contributed by atoms with Gasteiger partial charge >= 0.3 is 0 Å². The van der Waals surface area contributed by atoms with Crippen molar-refractivity contribution in [3.63, 3.8) is 0 Å². The molecule has 0 saturated heterocycles. The molecule has 1 aliphatic heterocycles. The number of fused-ring (bicyclic) bond motifs is 1. The number of amides is 1. The highest BCUT2D eigenvalue weighted by Crippen LogP contribution is 2.32. The molecule has 0 unspecified atom stereocenters. The van der Waals surface area contributed by atoms with Crippen LogP contribution in [0.15, 0.2) is 42.5 Å². The molecule has 5 heteroatoms. The van der Waals surface area contributed by atoms with Gasteiger partial charge in [-0.05, 0) is 23.8 Å². The van der Waals surface area contributed by atoms with Crippen molar-refractivity contribution in [1.82, 2.24) is 5.32 Å². The van der Waals surface area contributed by atoms with Crippen molar-refractivity contribution in [3.05, 3.63) is 53.6 Å². The lowest BCUT2D eigenvalue weighted by atomic mass is 10.00. The Bertz CT molecular complexity index is 729. The molecule has 0 spiro atoms. The molecule has 0 fully saturated rings. The molecule has 1 amide bonds. The zero-order valence-electron chi connectivity index (χ0n) is 13.9. The van der Waals surface area contributed by atoms with Crippen LogP contribution < -0.4 is 19.5 Å². The maximum atomic E-state index is 12.4. The third-order valence-corrected chi connectivity index (χ3v) is 4.11. The van der Waals surface area contributed by atoms with E-state index in [-0.39, 0.29) is 11.9 Å².